The Balaban J connectivity index is 0.000000186. The van der Waals surface area contributed by atoms with Crippen LogP contribution in [0.15, 0.2) is 89.1 Å². The average Bonchev–Trinajstić information content (AvgIpc) is 2.71. The van der Waals surface area contributed by atoms with Gasteiger partial charge in [0.1, 0.15) is 40.1 Å². The van der Waals surface area contributed by atoms with Gasteiger partial charge in [-0.2, -0.15) is 0 Å². The molecule has 29 heavy (non-hydrogen) atoms. The SMILES string of the molecule is Oc1ccc(O)c(N=Nc2cc(O)ccc2O)c1.Oc1ccc2ccccc2c1. The second-order valence-electron chi connectivity index (χ2n) is 6.08. The first-order chi connectivity index (χ1) is 13.9. The van der Waals surface area contributed by atoms with E-state index in [0.717, 1.165) is 10.8 Å². The monoisotopic (exact) mass is 390 g/mol. The van der Waals surface area contributed by atoms with Crippen LogP contribution in [0.5, 0.6) is 28.7 Å². The van der Waals surface area contributed by atoms with Gasteiger partial charge < -0.3 is 25.5 Å². The van der Waals surface area contributed by atoms with Crippen LogP contribution in [0.2, 0.25) is 0 Å². The molecule has 4 aromatic carbocycles. The maximum absolute atomic E-state index is 9.46. The van der Waals surface area contributed by atoms with Crippen LogP contribution in [0.25, 0.3) is 10.8 Å². The Bertz CT molecular complexity index is 1120. The zero-order valence-corrected chi connectivity index (χ0v) is 15.1. The minimum Gasteiger partial charge on any atom is -0.508 e. The van der Waals surface area contributed by atoms with Crippen LogP contribution in [0.1, 0.15) is 0 Å². The van der Waals surface area contributed by atoms with Crippen LogP contribution in [0.4, 0.5) is 11.4 Å². The van der Waals surface area contributed by atoms with Crippen molar-refractivity contribution in [1.82, 2.24) is 0 Å². The van der Waals surface area contributed by atoms with Crippen molar-refractivity contribution in [2.45, 2.75) is 0 Å². The van der Waals surface area contributed by atoms with Crippen molar-refractivity contribution in [3.63, 3.8) is 0 Å². The van der Waals surface area contributed by atoms with Gasteiger partial charge in [0, 0.05) is 12.1 Å². The molecular formula is C22H18N2O5. The zero-order valence-electron chi connectivity index (χ0n) is 15.1. The molecule has 0 aliphatic heterocycles. The van der Waals surface area contributed by atoms with Crippen LogP contribution < -0.4 is 0 Å². The Hall–Kier alpha value is -4.26. The minimum absolute atomic E-state index is 0.0535. The van der Waals surface area contributed by atoms with Gasteiger partial charge in [0.25, 0.3) is 0 Å². The van der Waals surface area contributed by atoms with E-state index in [2.05, 4.69) is 10.2 Å². The molecule has 0 spiro atoms. The third-order valence-electron chi connectivity index (χ3n) is 3.92. The van der Waals surface area contributed by atoms with Crippen LogP contribution in [-0.2, 0) is 0 Å². The van der Waals surface area contributed by atoms with Crippen molar-refractivity contribution in [2.24, 2.45) is 10.2 Å². The molecule has 7 heteroatoms. The van der Waals surface area contributed by atoms with Gasteiger partial charge in [0.05, 0.1) is 0 Å². The number of hydrogen-bond donors (Lipinski definition) is 5. The van der Waals surface area contributed by atoms with Gasteiger partial charge in [-0.15, -0.1) is 10.2 Å². The van der Waals surface area contributed by atoms with E-state index in [1.165, 1.54) is 36.4 Å². The first-order valence-corrected chi connectivity index (χ1v) is 8.56. The largest absolute Gasteiger partial charge is 0.508 e. The summed E-state index contributed by atoms with van der Waals surface area (Å²) >= 11 is 0. The lowest BCUT2D eigenvalue weighted by molar-refractivity contribution is 0.459. The lowest BCUT2D eigenvalue weighted by Crippen LogP contribution is -1.70. The lowest BCUT2D eigenvalue weighted by atomic mass is 10.1. The van der Waals surface area contributed by atoms with Gasteiger partial charge in [-0.3, -0.25) is 0 Å². The van der Waals surface area contributed by atoms with Crippen molar-refractivity contribution in [3.05, 3.63) is 78.9 Å². The second-order valence-corrected chi connectivity index (χ2v) is 6.08. The summed E-state index contributed by atoms with van der Waals surface area (Å²) in [7, 11) is 0. The molecule has 7 nitrogen and oxygen atoms in total. The Kier molecular flexibility index (Phi) is 5.80. The van der Waals surface area contributed by atoms with E-state index in [9.17, 15) is 20.4 Å². The molecule has 0 fully saturated rings. The third kappa shape index (κ3) is 5.14. The highest BCUT2D eigenvalue weighted by atomic mass is 16.3. The molecular weight excluding hydrogens is 372 g/mol. The van der Waals surface area contributed by atoms with Gasteiger partial charge in [-0.25, -0.2) is 0 Å². The predicted octanol–water partition coefficient (Wildman–Crippen LogP) is 5.47. The standard InChI is InChI=1S/C12H10N2O4.C10H8O/c15-7-1-3-11(17)9(5-7)13-14-10-6-8(16)2-4-12(10)18;11-10-6-5-8-3-1-2-4-9(8)7-10/h1-6,15-18H;1-7,11H. The summed E-state index contributed by atoms with van der Waals surface area (Å²) in [5.74, 6) is -0.125. The van der Waals surface area contributed by atoms with E-state index >= 15 is 0 Å². The Morgan fingerprint density at radius 1 is 0.448 bits per heavy atom. The molecule has 0 atom stereocenters. The van der Waals surface area contributed by atoms with E-state index in [-0.39, 0.29) is 34.4 Å². The Labute approximate surface area is 166 Å². The summed E-state index contributed by atoms with van der Waals surface area (Å²) < 4.78 is 0. The number of aromatic hydroxyl groups is 5. The lowest BCUT2D eigenvalue weighted by Gasteiger charge is -2.00. The van der Waals surface area contributed by atoms with E-state index in [1.807, 2.05) is 30.3 Å². The molecule has 0 aromatic heterocycles. The summed E-state index contributed by atoms with van der Waals surface area (Å²) in [6, 6.07) is 20.9. The molecule has 146 valence electrons. The summed E-state index contributed by atoms with van der Waals surface area (Å²) in [6.07, 6.45) is 0. The number of fused-ring (bicyclic) bond motifs is 1. The Morgan fingerprint density at radius 2 is 0.897 bits per heavy atom. The summed E-state index contributed by atoms with van der Waals surface area (Å²) in [6.45, 7) is 0. The second kappa shape index (κ2) is 8.62. The smallest absolute Gasteiger partial charge is 0.143 e. The summed E-state index contributed by atoms with van der Waals surface area (Å²) in [5, 5.41) is 56.1. The fraction of sp³-hybridized carbons (Fsp3) is 0. The molecule has 0 amide bonds. The molecule has 0 aliphatic rings. The van der Waals surface area contributed by atoms with Crippen molar-refractivity contribution < 1.29 is 25.5 Å². The average molecular weight is 390 g/mol. The summed E-state index contributed by atoms with van der Waals surface area (Å²) in [5.41, 5.74) is 0.107. The normalized spacial score (nSPS) is 10.6. The number of phenols is 5. The van der Waals surface area contributed by atoms with Gasteiger partial charge in [-0.05, 0) is 47.2 Å². The van der Waals surface area contributed by atoms with Gasteiger partial charge in [-0.1, -0.05) is 30.3 Å². The summed E-state index contributed by atoms with van der Waals surface area (Å²) in [4.78, 5) is 0. The maximum atomic E-state index is 9.46. The van der Waals surface area contributed by atoms with Gasteiger partial charge >= 0.3 is 0 Å². The minimum atomic E-state index is -0.156. The highest BCUT2D eigenvalue weighted by Gasteiger charge is 2.03. The van der Waals surface area contributed by atoms with Gasteiger partial charge in [0.15, 0.2) is 0 Å². The quantitative estimate of drug-likeness (QED) is 0.229. The molecule has 0 unspecified atom stereocenters. The predicted molar refractivity (Wildman–Crippen MR) is 109 cm³/mol. The molecule has 0 aliphatic carbocycles. The van der Waals surface area contributed by atoms with Crippen LogP contribution in [-0.4, -0.2) is 25.5 Å². The Morgan fingerprint density at radius 3 is 1.45 bits per heavy atom. The fourth-order valence-corrected chi connectivity index (χ4v) is 2.47. The number of azo groups is 1. The fourth-order valence-electron chi connectivity index (χ4n) is 2.47. The molecule has 0 radical (unpaired) electrons. The number of benzene rings is 4. The maximum Gasteiger partial charge on any atom is 0.143 e. The first-order valence-electron chi connectivity index (χ1n) is 8.56. The van der Waals surface area contributed by atoms with Gasteiger partial charge in [0.2, 0.25) is 0 Å². The van der Waals surface area contributed by atoms with Crippen molar-refractivity contribution in [2.75, 3.05) is 0 Å². The van der Waals surface area contributed by atoms with E-state index < -0.39 is 0 Å². The van der Waals surface area contributed by atoms with Crippen LogP contribution in [0, 0.1) is 0 Å². The van der Waals surface area contributed by atoms with E-state index in [0.29, 0.717) is 5.75 Å². The topological polar surface area (TPSA) is 126 Å². The number of phenolic OH excluding ortho intramolecular Hbond substituents is 5. The van der Waals surface area contributed by atoms with Crippen LogP contribution >= 0.6 is 0 Å². The van der Waals surface area contributed by atoms with Crippen LogP contribution in [0.3, 0.4) is 0 Å². The molecule has 0 saturated carbocycles. The highest BCUT2D eigenvalue weighted by Crippen LogP contribution is 2.34. The highest BCUT2D eigenvalue weighted by molar-refractivity contribution is 5.83. The molecule has 0 heterocycles. The van der Waals surface area contributed by atoms with E-state index in [1.54, 1.807) is 12.1 Å². The molecule has 0 bridgehead atoms. The zero-order chi connectivity index (χ0) is 20.8. The number of rotatable bonds is 2. The number of nitrogens with zero attached hydrogens (tertiary/aromatic N) is 2. The van der Waals surface area contributed by atoms with Crippen molar-refractivity contribution in [1.29, 1.82) is 0 Å². The number of hydrogen-bond acceptors (Lipinski definition) is 7. The van der Waals surface area contributed by atoms with Crippen molar-refractivity contribution >= 4 is 22.1 Å². The van der Waals surface area contributed by atoms with Crippen molar-refractivity contribution in [3.8, 4) is 28.7 Å². The first kappa shape index (κ1) is 19.5. The molecule has 0 saturated heterocycles. The molecule has 4 aromatic rings. The van der Waals surface area contributed by atoms with E-state index in [4.69, 9.17) is 5.11 Å². The molecule has 4 rings (SSSR count). The third-order valence-corrected chi connectivity index (χ3v) is 3.92. The molecule has 5 N–H and O–H groups in total.